The van der Waals surface area contributed by atoms with Gasteiger partial charge in [0.15, 0.2) is 11.7 Å². The Morgan fingerprint density at radius 2 is 1.63 bits per heavy atom. The van der Waals surface area contributed by atoms with Gasteiger partial charge in [-0.25, -0.2) is 5.48 Å². The predicted molar refractivity (Wildman–Crippen MR) is 223 cm³/mol. The first-order valence-corrected chi connectivity index (χ1v) is 20.6. The van der Waals surface area contributed by atoms with Crippen LogP contribution >= 0.6 is 0 Å². The van der Waals surface area contributed by atoms with E-state index in [1.165, 1.54) is 6.20 Å². The highest BCUT2D eigenvalue weighted by atomic mass is 16.5. The number of aliphatic imine (C=N–C) groups is 1. The molecule has 18 heteroatoms. The first-order valence-electron chi connectivity index (χ1n) is 20.6. The minimum atomic E-state index is -1.01. The number of benzene rings is 1. The van der Waals surface area contributed by atoms with Crippen molar-refractivity contribution in [2.24, 2.45) is 40.1 Å². The van der Waals surface area contributed by atoms with Gasteiger partial charge in [-0.15, -0.1) is 0 Å². The minimum Gasteiger partial charge on any atom is -0.494 e. The third-order valence-corrected chi connectivity index (χ3v) is 9.81. The summed E-state index contributed by atoms with van der Waals surface area (Å²) in [7, 11) is 0. The molecule has 2 aromatic rings. The van der Waals surface area contributed by atoms with Gasteiger partial charge in [0.1, 0.15) is 5.75 Å². The van der Waals surface area contributed by atoms with Gasteiger partial charge in [0.05, 0.1) is 63.8 Å². The number of hydrogen-bond acceptors (Lipinski definition) is 12. The van der Waals surface area contributed by atoms with Crippen molar-refractivity contribution in [3.05, 3.63) is 59.4 Å². The van der Waals surface area contributed by atoms with Crippen LogP contribution in [-0.4, -0.2) is 117 Å². The van der Waals surface area contributed by atoms with Crippen LogP contribution < -0.4 is 37.6 Å². The van der Waals surface area contributed by atoms with E-state index >= 15 is 0 Å². The van der Waals surface area contributed by atoms with Crippen LogP contribution in [0.5, 0.6) is 5.75 Å². The van der Waals surface area contributed by atoms with Crippen molar-refractivity contribution in [2.75, 3.05) is 65.9 Å². The molecule has 0 fully saturated rings. The molecule has 4 amide bonds. The Morgan fingerprint density at radius 1 is 0.967 bits per heavy atom. The summed E-state index contributed by atoms with van der Waals surface area (Å²) < 4.78 is 22.5. The van der Waals surface area contributed by atoms with Gasteiger partial charge in [0.2, 0.25) is 17.7 Å². The fourth-order valence-corrected chi connectivity index (χ4v) is 6.67. The van der Waals surface area contributed by atoms with Crippen molar-refractivity contribution in [3.8, 4) is 5.75 Å². The highest BCUT2D eigenvalue weighted by molar-refractivity contribution is 5.95. The lowest BCUT2D eigenvalue weighted by atomic mass is 9.81. The lowest BCUT2D eigenvalue weighted by molar-refractivity contribution is -0.142. The van der Waals surface area contributed by atoms with E-state index in [4.69, 9.17) is 30.4 Å². The highest BCUT2D eigenvalue weighted by Gasteiger charge is 2.36. The second-order valence-corrected chi connectivity index (χ2v) is 15.1. The Hall–Kier alpha value is -5.17. The molecule has 4 rings (SSSR count). The zero-order valence-electron chi connectivity index (χ0n) is 35.1. The van der Waals surface area contributed by atoms with Crippen LogP contribution in [0.3, 0.4) is 0 Å². The molecule has 1 aromatic carbocycles. The molecule has 1 aromatic heterocycles. The molecule has 4 atom stereocenters. The van der Waals surface area contributed by atoms with E-state index < -0.39 is 35.6 Å². The number of guanidine groups is 1. The number of nitrogens with two attached hydrogens (primary N) is 2. The van der Waals surface area contributed by atoms with Crippen molar-refractivity contribution >= 4 is 35.4 Å². The average Bonchev–Trinajstić information content (AvgIpc) is 3.22. The van der Waals surface area contributed by atoms with Gasteiger partial charge in [-0.2, -0.15) is 0 Å². The number of nitrogens with one attached hydrogen (secondary N) is 4. The molecule has 0 radical (unpaired) electrons. The lowest BCUT2D eigenvalue weighted by Crippen LogP contribution is -2.49. The number of fused-ring (bicyclic) bond motifs is 11. The zero-order chi connectivity index (χ0) is 43.7. The van der Waals surface area contributed by atoms with Crippen molar-refractivity contribution < 1.29 is 48.1 Å². The molecule has 9 N–H and O–H groups in total. The number of nitrogens with zero attached hydrogens (tertiary/aromatic N) is 2. The SMILES string of the molecule is Cc1ccc(C(=O)NCCOCCOCCOCCNC(=O)[C@H](CCCN=C(N)N)CC(=O)[C@@H]2Cc3ccc(cc3)OCCC[C@H](C(=O)NO)[C@@H](CC(C)C)C(=O)N2)cn1. The normalized spacial score (nSPS) is 17.4. The molecule has 332 valence electrons. The summed E-state index contributed by atoms with van der Waals surface area (Å²) in [5, 5.41) is 18.1. The summed E-state index contributed by atoms with van der Waals surface area (Å²) in [5.74, 6) is -3.98. The number of ketones is 1. The fraction of sp³-hybridized carbons (Fsp3) is 0.595. The maximum Gasteiger partial charge on any atom is 0.252 e. The monoisotopic (exact) mass is 840 g/mol. The van der Waals surface area contributed by atoms with Gasteiger partial charge in [0.25, 0.3) is 5.91 Å². The van der Waals surface area contributed by atoms with E-state index in [2.05, 4.69) is 25.9 Å². The summed E-state index contributed by atoms with van der Waals surface area (Å²) in [6.45, 7) is 8.62. The second-order valence-electron chi connectivity index (χ2n) is 15.1. The van der Waals surface area contributed by atoms with Gasteiger partial charge >= 0.3 is 0 Å². The van der Waals surface area contributed by atoms with E-state index in [1.807, 2.05) is 32.9 Å². The molecule has 0 spiro atoms. The van der Waals surface area contributed by atoms with Gasteiger partial charge in [-0.05, 0) is 81.2 Å². The third-order valence-electron chi connectivity index (χ3n) is 9.81. The zero-order valence-corrected chi connectivity index (χ0v) is 35.1. The molecule has 60 heavy (non-hydrogen) atoms. The Kier molecular flexibility index (Phi) is 22.6. The van der Waals surface area contributed by atoms with E-state index in [-0.39, 0.29) is 75.0 Å². The number of amides is 4. The van der Waals surface area contributed by atoms with Crippen LogP contribution in [-0.2, 0) is 39.8 Å². The van der Waals surface area contributed by atoms with Crippen LogP contribution in [0.4, 0.5) is 0 Å². The maximum absolute atomic E-state index is 14.1. The number of rotatable bonds is 24. The van der Waals surface area contributed by atoms with Gasteiger partial charge in [-0.3, -0.25) is 39.2 Å². The quantitative estimate of drug-likeness (QED) is 0.0261. The van der Waals surface area contributed by atoms with E-state index in [9.17, 15) is 29.2 Å². The van der Waals surface area contributed by atoms with E-state index in [0.717, 1.165) is 11.3 Å². The summed E-state index contributed by atoms with van der Waals surface area (Å²) >= 11 is 0. The third kappa shape index (κ3) is 18.8. The highest BCUT2D eigenvalue weighted by Crippen LogP contribution is 2.27. The molecule has 0 saturated carbocycles. The molecule has 0 unspecified atom stereocenters. The summed E-state index contributed by atoms with van der Waals surface area (Å²) in [5.41, 5.74) is 14.8. The number of carbonyl (C=O) groups excluding carboxylic acids is 5. The number of hydroxylamine groups is 1. The molecule has 0 saturated heterocycles. The van der Waals surface area contributed by atoms with Crippen molar-refractivity contribution in [1.82, 2.24) is 26.4 Å². The lowest BCUT2D eigenvalue weighted by Gasteiger charge is -2.29. The number of aryl methyl sites for hydroxylation is 1. The standard InChI is InChI=1S/C42H64N8O10/c1-28(2)24-35-34(41(55)50-56)7-5-17-60-33-12-9-30(10-13-33)25-36(49-40(35)54)37(51)26-31(6-4-14-47-42(43)44)38(52)45-15-18-57-20-22-59-23-21-58-19-16-46-39(53)32-11-8-29(3)48-27-32/h8-13,27-28,31,34-36,56H,4-7,14-26H2,1-3H3,(H,45,52)(H,46,53)(H,49,54)(H,50,55)(H4,43,44,47)/t31-,34+,35-,36+/m1/s1. The molecule has 18 nitrogen and oxygen atoms in total. The van der Waals surface area contributed by atoms with Gasteiger partial charge in [-0.1, -0.05) is 26.0 Å². The largest absolute Gasteiger partial charge is 0.494 e. The molecule has 2 bridgehead atoms. The summed E-state index contributed by atoms with van der Waals surface area (Å²) in [4.78, 5) is 74.8. The van der Waals surface area contributed by atoms with Crippen LogP contribution in [0.15, 0.2) is 47.6 Å². The average molecular weight is 841 g/mol. The van der Waals surface area contributed by atoms with Crippen LogP contribution in [0.2, 0.25) is 0 Å². The number of Topliss-reactive ketones (excluding diaryl/α,β-unsaturated/α-hetero) is 1. The molecule has 0 aliphatic carbocycles. The van der Waals surface area contributed by atoms with Crippen LogP contribution in [0.1, 0.15) is 74.0 Å². The van der Waals surface area contributed by atoms with Crippen molar-refractivity contribution in [2.45, 2.75) is 71.8 Å². The van der Waals surface area contributed by atoms with E-state index in [0.29, 0.717) is 76.6 Å². The van der Waals surface area contributed by atoms with Crippen LogP contribution in [0.25, 0.3) is 0 Å². The summed E-state index contributed by atoms with van der Waals surface area (Å²) in [6, 6.07) is 9.70. The minimum absolute atomic E-state index is 0.0295. The number of ether oxygens (including phenoxy) is 4. The van der Waals surface area contributed by atoms with Crippen molar-refractivity contribution in [3.63, 3.8) is 0 Å². The van der Waals surface area contributed by atoms with Gasteiger partial charge < -0.3 is 46.4 Å². The fourth-order valence-electron chi connectivity index (χ4n) is 6.67. The number of carbonyl (C=O) groups is 5. The molecule has 3 heterocycles. The molecule has 2 aliphatic rings. The Morgan fingerprint density at radius 3 is 2.25 bits per heavy atom. The maximum atomic E-state index is 14.1. The number of aromatic nitrogens is 1. The smallest absolute Gasteiger partial charge is 0.252 e. The van der Waals surface area contributed by atoms with Crippen LogP contribution in [0, 0.1) is 30.6 Å². The molecule has 2 aliphatic heterocycles. The Labute approximate surface area is 352 Å². The summed E-state index contributed by atoms with van der Waals surface area (Å²) in [6.07, 6.45) is 3.28. The number of pyridine rings is 1. The Bertz CT molecular complexity index is 1650. The van der Waals surface area contributed by atoms with Crippen molar-refractivity contribution in [1.29, 1.82) is 0 Å². The Balaban J connectivity index is 1.53. The second kappa shape index (κ2) is 27.6. The molecular weight excluding hydrogens is 777 g/mol. The predicted octanol–water partition coefficient (Wildman–Crippen LogP) is 1.60. The number of hydrogen-bond donors (Lipinski definition) is 7. The topological polar surface area (TPSA) is 268 Å². The first kappa shape index (κ1) is 49.2. The molecular formula is C42H64N8O10. The van der Waals surface area contributed by atoms with Gasteiger partial charge in [0, 0.05) is 49.8 Å². The van der Waals surface area contributed by atoms with E-state index in [1.54, 1.807) is 29.7 Å². The first-order chi connectivity index (χ1) is 28.9.